The highest BCUT2D eigenvalue weighted by molar-refractivity contribution is 5.85. The fraction of sp³-hybridized carbons (Fsp3) is 0.417. The van der Waals surface area contributed by atoms with E-state index < -0.39 is 0 Å². The predicted octanol–water partition coefficient (Wildman–Crippen LogP) is 1.98. The molecule has 1 fully saturated rings. The number of likely N-dealkylation sites (N-methyl/N-ethyl adjacent to an activating group) is 1. The number of rotatable bonds is 9. The third-order valence-corrected chi connectivity index (χ3v) is 5.52. The van der Waals surface area contributed by atoms with Crippen molar-refractivity contribution in [2.75, 3.05) is 46.3 Å². The lowest BCUT2D eigenvalue weighted by Crippen LogP contribution is -2.47. The molecule has 0 bridgehead atoms. The van der Waals surface area contributed by atoms with E-state index in [1.165, 1.54) is 17.7 Å². The molecule has 0 aromatic heterocycles. The molecule has 0 radical (unpaired) electrons. The van der Waals surface area contributed by atoms with E-state index in [0.29, 0.717) is 18.2 Å². The monoisotopic (exact) mass is 426 g/mol. The van der Waals surface area contributed by atoms with Crippen LogP contribution in [0.4, 0.5) is 4.39 Å². The van der Waals surface area contributed by atoms with Crippen molar-refractivity contribution >= 4 is 11.8 Å². The summed E-state index contributed by atoms with van der Waals surface area (Å²) in [5, 5.41) is 5.45. The fourth-order valence-corrected chi connectivity index (χ4v) is 3.86. The van der Waals surface area contributed by atoms with Crippen LogP contribution in [0.3, 0.4) is 0 Å². The molecule has 166 valence electrons. The van der Waals surface area contributed by atoms with Crippen LogP contribution in [0.25, 0.3) is 0 Å². The second-order valence-corrected chi connectivity index (χ2v) is 8.01. The van der Waals surface area contributed by atoms with E-state index in [4.69, 9.17) is 0 Å². The van der Waals surface area contributed by atoms with Crippen molar-refractivity contribution in [1.29, 1.82) is 0 Å². The summed E-state index contributed by atoms with van der Waals surface area (Å²) in [6.07, 6.45) is 0.894. The van der Waals surface area contributed by atoms with Gasteiger partial charge in [0.25, 0.3) is 0 Å². The van der Waals surface area contributed by atoms with Crippen LogP contribution in [0.2, 0.25) is 0 Å². The van der Waals surface area contributed by atoms with Gasteiger partial charge in [0.1, 0.15) is 5.82 Å². The predicted molar refractivity (Wildman–Crippen MR) is 119 cm³/mol. The van der Waals surface area contributed by atoms with Crippen LogP contribution in [0.1, 0.15) is 23.6 Å². The van der Waals surface area contributed by atoms with Gasteiger partial charge in [-0.15, -0.1) is 0 Å². The average Bonchev–Trinajstić information content (AvgIpc) is 2.76. The second-order valence-electron chi connectivity index (χ2n) is 8.01. The number of hydrogen-bond acceptors (Lipinski definition) is 4. The summed E-state index contributed by atoms with van der Waals surface area (Å²) >= 11 is 0. The van der Waals surface area contributed by atoms with Crippen LogP contribution < -0.4 is 10.6 Å². The Kier molecular flexibility index (Phi) is 8.55. The van der Waals surface area contributed by atoms with Crippen molar-refractivity contribution in [3.05, 3.63) is 71.5 Å². The SMILES string of the molecule is CN1CCN(CCCNC(=O)CNC(=O)Cc2cccc(F)c2)[C@@H](c2ccccc2)C1. The van der Waals surface area contributed by atoms with Gasteiger partial charge in [-0.2, -0.15) is 0 Å². The molecule has 1 heterocycles. The average molecular weight is 427 g/mol. The van der Waals surface area contributed by atoms with E-state index >= 15 is 0 Å². The maximum Gasteiger partial charge on any atom is 0.239 e. The van der Waals surface area contributed by atoms with Crippen molar-refractivity contribution in [3.8, 4) is 0 Å². The Hall–Kier alpha value is -2.77. The molecule has 7 heteroatoms. The highest BCUT2D eigenvalue weighted by atomic mass is 19.1. The molecule has 2 amide bonds. The van der Waals surface area contributed by atoms with E-state index in [0.717, 1.165) is 32.6 Å². The molecule has 0 aliphatic carbocycles. The maximum atomic E-state index is 13.2. The third kappa shape index (κ3) is 7.45. The summed E-state index contributed by atoms with van der Waals surface area (Å²) < 4.78 is 13.2. The maximum absolute atomic E-state index is 13.2. The van der Waals surface area contributed by atoms with Crippen LogP contribution >= 0.6 is 0 Å². The highest BCUT2D eigenvalue weighted by Crippen LogP contribution is 2.24. The van der Waals surface area contributed by atoms with Gasteiger partial charge in [0.2, 0.25) is 11.8 Å². The zero-order chi connectivity index (χ0) is 22.1. The van der Waals surface area contributed by atoms with Gasteiger partial charge in [0.15, 0.2) is 0 Å². The first-order chi connectivity index (χ1) is 15.0. The van der Waals surface area contributed by atoms with Gasteiger partial charge in [-0.1, -0.05) is 42.5 Å². The summed E-state index contributed by atoms with van der Waals surface area (Å²) in [6, 6.07) is 16.8. The van der Waals surface area contributed by atoms with Crippen LogP contribution in [-0.2, 0) is 16.0 Å². The molecular formula is C24H31FN4O2. The summed E-state index contributed by atoms with van der Waals surface area (Å²) in [5.74, 6) is -0.896. The van der Waals surface area contributed by atoms with E-state index in [9.17, 15) is 14.0 Å². The van der Waals surface area contributed by atoms with Gasteiger partial charge in [0, 0.05) is 38.8 Å². The van der Waals surface area contributed by atoms with Crippen LogP contribution in [0.5, 0.6) is 0 Å². The lowest BCUT2D eigenvalue weighted by atomic mass is 10.0. The minimum Gasteiger partial charge on any atom is -0.355 e. The Bertz CT molecular complexity index is 862. The number of benzene rings is 2. The van der Waals surface area contributed by atoms with E-state index in [-0.39, 0.29) is 30.6 Å². The van der Waals surface area contributed by atoms with Gasteiger partial charge in [0.05, 0.1) is 13.0 Å². The smallest absolute Gasteiger partial charge is 0.239 e. The summed E-state index contributed by atoms with van der Waals surface area (Å²) in [5.41, 5.74) is 1.90. The van der Waals surface area contributed by atoms with E-state index in [1.54, 1.807) is 12.1 Å². The van der Waals surface area contributed by atoms with Crippen molar-refractivity contribution in [3.63, 3.8) is 0 Å². The number of amides is 2. The van der Waals surface area contributed by atoms with E-state index in [1.807, 2.05) is 6.07 Å². The van der Waals surface area contributed by atoms with Gasteiger partial charge >= 0.3 is 0 Å². The zero-order valence-electron chi connectivity index (χ0n) is 18.0. The molecule has 3 rings (SSSR count). The first-order valence-electron chi connectivity index (χ1n) is 10.8. The highest BCUT2D eigenvalue weighted by Gasteiger charge is 2.25. The number of hydrogen-bond donors (Lipinski definition) is 2. The molecule has 2 aromatic carbocycles. The molecule has 0 spiro atoms. The lowest BCUT2D eigenvalue weighted by Gasteiger charge is -2.40. The zero-order valence-corrected chi connectivity index (χ0v) is 18.0. The van der Waals surface area contributed by atoms with Crippen LogP contribution in [0.15, 0.2) is 54.6 Å². The number of nitrogens with zero attached hydrogens (tertiary/aromatic N) is 2. The minimum atomic E-state index is -0.377. The summed E-state index contributed by atoms with van der Waals surface area (Å²) in [7, 11) is 2.15. The van der Waals surface area contributed by atoms with Crippen LogP contribution in [0, 0.1) is 5.82 Å². The Morgan fingerprint density at radius 1 is 1.03 bits per heavy atom. The Balaban J connectivity index is 1.35. The van der Waals surface area contributed by atoms with Crippen LogP contribution in [-0.4, -0.2) is 67.9 Å². The largest absolute Gasteiger partial charge is 0.355 e. The van der Waals surface area contributed by atoms with Gasteiger partial charge < -0.3 is 15.5 Å². The molecule has 0 unspecified atom stereocenters. The lowest BCUT2D eigenvalue weighted by molar-refractivity contribution is -0.125. The normalized spacial score (nSPS) is 17.3. The molecule has 1 atom stereocenters. The minimum absolute atomic E-state index is 0.0509. The summed E-state index contributed by atoms with van der Waals surface area (Å²) in [6.45, 7) is 4.42. The molecule has 31 heavy (non-hydrogen) atoms. The first kappa shape index (κ1) is 22.9. The molecule has 1 aliphatic heterocycles. The number of piperazine rings is 1. The molecule has 1 aliphatic rings. The number of carbonyl (C=O) groups is 2. The number of halogens is 1. The molecule has 2 aromatic rings. The van der Waals surface area contributed by atoms with Crippen molar-refractivity contribution in [2.45, 2.75) is 18.9 Å². The third-order valence-electron chi connectivity index (χ3n) is 5.52. The molecule has 0 saturated carbocycles. The van der Waals surface area contributed by atoms with Gasteiger partial charge in [-0.05, 0) is 36.7 Å². The van der Waals surface area contributed by atoms with Gasteiger partial charge in [-0.3, -0.25) is 14.5 Å². The van der Waals surface area contributed by atoms with Gasteiger partial charge in [-0.25, -0.2) is 4.39 Å². The van der Waals surface area contributed by atoms with Crippen molar-refractivity contribution in [1.82, 2.24) is 20.4 Å². The first-order valence-corrected chi connectivity index (χ1v) is 10.8. The standard InChI is InChI=1S/C24H31FN4O2/c1-28-13-14-29(22(18-28)20-8-3-2-4-9-20)12-6-11-26-24(31)17-27-23(30)16-19-7-5-10-21(25)15-19/h2-5,7-10,15,22H,6,11-14,16-18H2,1H3,(H,26,31)(H,27,30)/t22-/m1/s1. The topological polar surface area (TPSA) is 64.7 Å². The quantitative estimate of drug-likeness (QED) is 0.602. The molecule has 1 saturated heterocycles. The molecule has 6 nitrogen and oxygen atoms in total. The van der Waals surface area contributed by atoms with E-state index in [2.05, 4.69) is 51.7 Å². The second kappa shape index (κ2) is 11.6. The summed E-state index contributed by atoms with van der Waals surface area (Å²) in [4.78, 5) is 28.8. The number of nitrogens with one attached hydrogen (secondary N) is 2. The Morgan fingerprint density at radius 3 is 2.61 bits per heavy atom. The molecule has 2 N–H and O–H groups in total. The van der Waals surface area contributed by atoms with Crippen molar-refractivity contribution < 1.29 is 14.0 Å². The number of carbonyl (C=O) groups excluding carboxylic acids is 2. The fourth-order valence-electron chi connectivity index (χ4n) is 3.86. The van der Waals surface area contributed by atoms with Crippen molar-refractivity contribution in [2.24, 2.45) is 0 Å². The molecular weight excluding hydrogens is 395 g/mol. The Morgan fingerprint density at radius 2 is 1.84 bits per heavy atom. The Labute approximate surface area is 183 Å².